The third kappa shape index (κ3) is 2.33. The van der Waals surface area contributed by atoms with Gasteiger partial charge in [0.2, 0.25) is 0 Å². The third-order valence-electron chi connectivity index (χ3n) is 10.4. The molecule has 0 amide bonds. The number of carbonyl (C=O) groups is 3. The molecule has 1 spiro atoms. The van der Waals surface area contributed by atoms with Gasteiger partial charge in [0.05, 0.1) is 5.60 Å². The molecule has 0 radical (unpaired) electrons. The molecule has 6 aliphatic rings. The van der Waals surface area contributed by atoms with E-state index in [4.69, 9.17) is 14.2 Å². The first-order valence-corrected chi connectivity index (χ1v) is 12.1. The highest BCUT2D eigenvalue weighted by Gasteiger charge is 2.80. The molecule has 174 valence electrons. The Morgan fingerprint density at radius 2 is 1.91 bits per heavy atom. The first-order chi connectivity index (χ1) is 15.1. The number of cyclic esters (lactones) is 1. The van der Waals surface area contributed by atoms with Crippen LogP contribution in [0.4, 0.5) is 0 Å². The summed E-state index contributed by atoms with van der Waals surface area (Å²) in [7, 11) is 0. The molecule has 8 atom stereocenters. The molecule has 0 unspecified atom stereocenters. The summed E-state index contributed by atoms with van der Waals surface area (Å²) in [4.78, 5) is 36.9. The third-order valence-corrected chi connectivity index (χ3v) is 10.4. The van der Waals surface area contributed by atoms with Crippen molar-refractivity contribution in [3.63, 3.8) is 0 Å². The van der Waals surface area contributed by atoms with Gasteiger partial charge in [-0.25, -0.2) is 4.79 Å². The lowest BCUT2D eigenvalue weighted by Gasteiger charge is -2.61. The Bertz CT molecular complexity index is 941. The average Bonchev–Trinajstić information content (AvgIpc) is 3.34. The molecule has 0 aromatic carbocycles. The minimum absolute atomic E-state index is 0.00760. The van der Waals surface area contributed by atoms with Crippen molar-refractivity contribution in [1.29, 1.82) is 0 Å². The van der Waals surface area contributed by atoms with E-state index in [0.717, 1.165) is 31.3 Å². The minimum atomic E-state index is -1.19. The maximum atomic E-state index is 13.6. The van der Waals surface area contributed by atoms with Gasteiger partial charge in [-0.2, -0.15) is 0 Å². The average molecular weight is 445 g/mol. The Kier molecular flexibility index (Phi) is 4.12. The topological polar surface area (TPSA) is 99.1 Å². The molecule has 0 aromatic rings. The fourth-order valence-corrected chi connectivity index (χ4v) is 9.27. The van der Waals surface area contributed by atoms with E-state index >= 15 is 0 Å². The normalized spacial score (nSPS) is 51.2. The number of hydrogen-bond donors (Lipinski definition) is 1. The van der Waals surface area contributed by atoms with Crippen molar-refractivity contribution in [2.75, 3.05) is 6.61 Å². The first kappa shape index (κ1) is 20.7. The van der Waals surface area contributed by atoms with Crippen LogP contribution in [-0.2, 0) is 28.6 Å². The van der Waals surface area contributed by atoms with E-state index in [1.165, 1.54) is 6.92 Å². The van der Waals surface area contributed by atoms with E-state index in [1.807, 2.05) is 0 Å². The Balaban J connectivity index is 1.35. The summed E-state index contributed by atoms with van der Waals surface area (Å²) < 4.78 is 17.1. The van der Waals surface area contributed by atoms with Crippen molar-refractivity contribution in [3.8, 4) is 0 Å². The van der Waals surface area contributed by atoms with Gasteiger partial charge in [0.25, 0.3) is 0 Å². The summed E-state index contributed by atoms with van der Waals surface area (Å²) in [6.45, 7) is 4.07. The SMILES string of the molecule is CC(=O)O[C@@H]1CC[C@@]23C(=O)O[C@]4(CC[C@]2(O)C1)[C@@H]1CC[C@H](C2=CC(=O)OC2)[C@@]1(C)CC[C@@H]43. The second kappa shape index (κ2) is 6.37. The lowest BCUT2D eigenvalue weighted by atomic mass is 9.42. The lowest BCUT2D eigenvalue weighted by Crippen LogP contribution is -2.67. The van der Waals surface area contributed by atoms with Crippen molar-refractivity contribution in [3.05, 3.63) is 11.6 Å². The number of fused-ring (bicyclic) bond motifs is 1. The van der Waals surface area contributed by atoms with E-state index in [2.05, 4.69) is 6.92 Å². The molecule has 4 saturated carbocycles. The fraction of sp³-hybridized carbons (Fsp3) is 0.800. The molecule has 2 heterocycles. The van der Waals surface area contributed by atoms with Gasteiger partial charge in [0, 0.05) is 31.3 Å². The van der Waals surface area contributed by atoms with Gasteiger partial charge >= 0.3 is 17.9 Å². The van der Waals surface area contributed by atoms with E-state index in [9.17, 15) is 19.5 Å². The number of rotatable bonds is 2. The molecule has 5 fully saturated rings. The Morgan fingerprint density at radius 1 is 1.09 bits per heavy atom. The Labute approximate surface area is 187 Å². The first-order valence-electron chi connectivity index (χ1n) is 12.1. The molecule has 7 heteroatoms. The van der Waals surface area contributed by atoms with Gasteiger partial charge < -0.3 is 19.3 Å². The predicted molar refractivity (Wildman–Crippen MR) is 111 cm³/mol. The number of ether oxygens (including phenoxy) is 3. The van der Waals surface area contributed by atoms with E-state index < -0.39 is 16.6 Å². The number of hydrogen-bond acceptors (Lipinski definition) is 7. The van der Waals surface area contributed by atoms with Gasteiger partial charge in [0.15, 0.2) is 0 Å². The highest BCUT2D eigenvalue weighted by Crippen LogP contribution is 2.75. The van der Waals surface area contributed by atoms with E-state index in [-0.39, 0.29) is 47.2 Å². The van der Waals surface area contributed by atoms with E-state index in [0.29, 0.717) is 38.7 Å². The molecule has 4 aliphatic carbocycles. The molecular formula is C25H32O7. The quantitative estimate of drug-likeness (QED) is 0.516. The summed E-state index contributed by atoms with van der Waals surface area (Å²) in [5.41, 5.74) is -1.58. The second-order valence-corrected chi connectivity index (χ2v) is 11.4. The largest absolute Gasteiger partial charge is 0.462 e. The summed E-state index contributed by atoms with van der Waals surface area (Å²) in [5, 5.41) is 11.9. The highest BCUT2D eigenvalue weighted by atomic mass is 16.6. The second-order valence-electron chi connectivity index (χ2n) is 11.4. The number of aliphatic hydroxyl groups is 1. The zero-order chi connectivity index (χ0) is 22.5. The fourth-order valence-electron chi connectivity index (χ4n) is 9.27. The Hall–Kier alpha value is -1.89. The molecule has 1 N–H and O–H groups in total. The van der Waals surface area contributed by atoms with Crippen LogP contribution in [0.5, 0.6) is 0 Å². The lowest BCUT2D eigenvalue weighted by molar-refractivity contribution is -0.218. The van der Waals surface area contributed by atoms with Crippen LogP contribution in [0.1, 0.15) is 71.6 Å². The van der Waals surface area contributed by atoms with Crippen LogP contribution in [0, 0.1) is 28.6 Å². The van der Waals surface area contributed by atoms with Crippen LogP contribution >= 0.6 is 0 Å². The van der Waals surface area contributed by atoms with Crippen molar-refractivity contribution in [1.82, 2.24) is 0 Å². The zero-order valence-electron chi connectivity index (χ0n) is 18.9. The standard InChI is InChI=1S/C25H32O7/c1-14(26)31-16-5-8-24-19-6-7-22(2)17(15-11-20(27)30-13-15)3-4-18(22)25(19,32-21(24)28)10-9-23(24,29)12-16/h11,16-19,29H,3-10,12-13H2,1-2H3/t16-,17-,18-,19-,22-,23+,24-,25-/m1/s1. The van der Waals surface area contributed by atoms with Crippen molar-refractivity contribution in [2.24, 2.45) is 28.6 Å². The minimum Gasteiger partial charge on any atom is -0.462 e. The number of esters is 3. The Morgan fingerprint density at radius 3 is 2.62 bits per heavy atom. The monoisotopic (exact) mass is 444 g/mol. The molecule has 1 saturated heterocycles. The highest BCUT2D eigenvalue weighted by molar-refractivity contribution is 5.85. The molecular weight excluding hydrogens is 412 g/mol. The molecule has 6 rings (SSSR count). The summed E-state index contributed by atoms with van der Waals surface area (Å²) in [5.74, 6) is -0.360. The summed E-state index contributed by atoms with van der Waals surface area (Å²) in [6, 6.07) is 0. The van der Waals surface area contributed by atoms with Crippen LogP contribution in [-0.4, -0.2) is 46.9 Å². The predicted octanol–water partition coefficient (Wildman–Crippen LogP) is 2.83. The maximum Gasteiger partial charge on any atom is 0.331 e. The summed E-state index contributed by atoms with van der Waals surface area (Å²) >= 11 is 0. The van der Waals surface area contributed by atoms with Gasteiger partial charge in [0.1, 0.15) is 23.7 Å². The van der Waals surface area contributed by atoms with Crippen LogP contribution in [0.25, 0.3) is 0 Å². The molecule has 0 aromatic heterocycles. The number of carbonyl (C=O) groups excluding carboxylic acids is 3. The van der Waals surface area contributed by atoms with Gasteiger partial charge in [-0.1, -0.05) is 6.92 Å². The van der Waals surface area contributed by atoms with Gasteiger partial charge in [-0.05, 0) is 68.3 Å². The van der Waals surface area contributed by atoms with E-state index in [1.54, 1.807) is 6.08 Å². The molecule has 7 nitrogen and oxygen atoms in total. The van der Waals surface area contributed by atoms with Gasteiger partial charge in [-0.15, -0.1) is 0 Å². The smallest absolute Gasteiger partial charge is 0.331 e. The molecule has 32 heavy (non-hydrogen) atoms. The van der Waals surface area contributed by atoms with Crippen LogP contribution in [0.2, 0.25) is 0 Å². The van der Waals surface area contributed by atoms with Crippen LogP contribution < -0.4 is 0 Å². The van der Waals surface area contributed by atoms with Crippen molar-refractivity contribution >= 4 is 17.9 Å². The van der Waals surface area contributed by atoms with Crippen molar-refractivity contribution in [2.45, 2.75) is 88.9 Å². The molecule has 2 bridgehead atoms. The molecule has 2 aliphatic heterocycles. The maximum absolute atomic E-state index is 13.6. The van der Waals surface area contributed by atoms with Crippen molar-refractivity contribution < 1.29 is 33.7 Å². The van der Waals surface area contributed by atoms with Crippen LogP contribution in [0.3, 0.4) is 0 Å². The van der Waals surface area contributed by atoms with Gasteiger partial charge in [-0.3, -0.25) is 9.59 Å². The zero-order valence-corrected chi connectivity index (χ0v) is 18.9. The summed E-state index contributed by atoms with van der Waals surface area (Å²) in [6.07, 6.45) is 7.58. The van der Waals surface area contributed by atoms with Crippen LogP contribution in [0.15, 0.2) is 11.6 Å².